The van der Waals surface area contributed by atoms with Gasteiger partial charge in [-0.25, -0.2) is 0 Å². The minimum Gasteiger partial charge on any atom is -0.503 e. The number of carbonyl (C=O) groups excluding carboxylic acids is 2. The van der Waals surface area contributed by atoms with Crippen LogP contribution in [0.4, 0.5) is 0 Å². The second kappa shape index (κ2) is 8.29. The van der Waals surface area contributed by atoms with E-state index in [1.165, 1.54) is 17.2 Å². The highest BCUT2D eigenvalue weighted by Gasteiger charge is 2.44. The molecule has 1 atom stereocenters. The fourth-order valence-electron chi connectivity index (χ4n) is 3.68. The van der Waals surface area contributed by atoms with Gasteiger partial charge in [0.1, 0.15) is 5.75 Å². The van der Waals surface area contributed by atoms with E-state index in [1.54, 1.807) is 37.4 Å². The quantitative estimate of drug-likeness (QED) is 0.601. The highest BCUT2D eigenvalue weighted by Crippen LogP contribution is 2.39. The van der Waals surface area contributed by atoms with Gasteiger partial charge >= 0.3 is 0 Å². The van der Waals surface area contributed by atoms with Gasteiger partial charge in [-0.2, -0.15) is 0 Å². The van der Waals surface area contributed by atoms with E-state index in [4.69, 9.17) is 9.15 Å². The van der Waals surface area contributed by atoms with Crippen LogP contribution < -0.4 is 4.74 Å². The van der Waals surface area contributed by atoms with Crippen molar-refractivity contribution >= 4 is 11.7 Å². The van der Waals surface area contributed by atoms with Crippen molar-refractivity contribution < 1.29 is 23.8 Å². The zero-order valence-electron chi connectivity index (χ0n) is 16.4. The van der Waals surface area contributed by atoms with Crippen LogP contribution in [0.15, 0.2) is 88.7 Å². The Morgan fingerprint density at radius 1 is 1.07 bits per heavy atom. The Balaban J connectivity index is 1.71. The number of amides is 1. The van der Waals surface area contributed by atoms with E-state index < -0.39 is 23.5 Å². The van der Waals surface area contributed by atoms with Crippen LogP contribution in [0.5, 0.6) is 5.75 Å². The molecule has 0 bridgehead atoms. The summed E-state index contributed by atoms with van der Waals surface area (Å²) in [6.07, 6.45) is 1.98. The van der Waals surface area contributed by atoms with Gasteiger partial charge in [-0.3, -0.25) is 9.59 Å². The number of hydrogen-bond donors (Lipinski definition) is 1. The first-order valence-electron chi connectivity index (χ1n) is 9.60. The van der Waals surface area contributed by atoms with Crippen LogP contribution in [-0.4, -0.2) is 35.4 Å². The molecule has 0 saturated carbocycles. The molecular formula is C24H21NO5. The molecule has 1 aromatic heterocycles. The van der Waals surface area contributed by atoms with Crippen molar-refractivity contribution in [2.75, 3.05) is 13.7 Å². The molecule has 2 aromatic carbocycles. The summed E-state index contributed by atoms with van der Waals surface area (Å²) in [6, 6.07) is 19.3. The smallest absolute Gasteiger partial charge is 0.290 e. The molecule has 3 aromatic rings. The van der Waals surface area contributed by atoms with Crippen LogP contribution in [0.1, 0.15) is 27.7 Å². The number of furan rings is 1. The maximum Gasteiger partial charge on any atom is 0.290 e. The summed E-state index contributed by atoms with van der Waals surface area (Å²) in [4.78, 5) is 27.5. The lowest BCUT2D eigenvalue weighted by molar-refractivity contribution is -0.129. The number of ketones is 1. The lowest BCUT2D eigenvalue weighted by Crippen LogP contribution is -2.33. The second-order valence-corrected chi connectivity index (χ2v) is 6.98. The van der Waals surface area contributed by atoms with Crippen molar-refractivity contribution in [3.63, 3.8) is 0 Å². The van der Waals surface area contributed by atoms with Gasteiger partial charge in [0.05, 0.1) is 25.0 Å². The van der Waals surface area contributed by atoms with Crippen molar-refractivity contribution in [3.05, 3.63) is 101 Å². The number of rotatable bonds is 7. The molecule has 1 aliphatic heterocycles. The van der Waals surface area contributed by atoms with Crippen molar-refractivity contribution in [1.82, 2.24) is 4.90 Å². The number of nitrogens with zero attached hydrogens (tertiary/aromatic N) is 1. The average Bonchev–Trinajstić information content (AvgIpc) is 3.41. The summed E-state index contributed by atoms with van der Waals surface area (Å²) < 4.78 is 10.4. The van der Waals surface area contributed by atoms with Crippen LogP contribution in [-0.2, 0) is 11.2 Å². The number of ether oxygens (including phenoxy) is 1. The van der Waals surface area contributed by atoms with Gasteiger partial charge in [0, 0.05) is 6.54 Å². The maximum atomic E-state index is 13.1. The normalized spacial score (nSPS) is 16.2. The van der Waals surface area contributed by atoms with E-state index in [0.29, 0.717) is 24.3 Å². The molecule has 1 aliphatic rings. The summed E-state index contributed by atoms with van der Waals surface area (Å²) in [7, 11) is 1.57. The predicted molar refractivity (Wildman–Crippen MR) is 110 cm³/mol. The van der Waals surface area contributed by atoms with Gasteiger partial charge in [0.25, 0.3) is 5.91 Å². The third kappa shape index (κ3) is 3.59. The molecule has 152 valence electrons. The largest absolute Gasteiger partial charge is 0.503 e. The zero-order chi connectivity index (χ0) is 21.1. The summed E-state index contributed by atoms with van der Waals surface area (Å²) in [5.41, 5.74) is 1.79. The summed E-state index contributed by atoms with van der Waals surface area (Å²) in [5.74, 6) is -0.875. The van der Waals surface area contributed by atoms with Crippen LogP contribution in [0.25, 0.3) is 0 Å². The van der Waals surface area contributed by atoms with E-state index in [1.807, 2.05) is 30.3 Å². The standard InChI is InChI=1S/C24H21NO5/c1-29-18-11-9-17(10-12-18)21-20(22(26)19-8-5-15-30-19)23(27)24(28)25(21)14-13-16-6-3-2-4-7-16/h2-12,15,21,27H,13-14H2,1H3. The van der Waals surface area contributed by atoms with Gasteiger partial charge < -0.3 is 19.2 Å². The van der Waals surface area contributed by atoms with Gasteiger partial charge in [0.15, 0.2) is 11.5 Å². The predicted octanol–water partition coefficient (Wildman–Crippen LogP) is 4.11. The Labute approximate surface area is 174 Å². The van der Waals surface area contributed by atoms with Gasteiger partial charge in [-0.1, -0.05) is 42.5 Å². The number of carbonyl (C=O) groups is 2. The SMILES string of the molecule is COc1ccc(C2C(C(=O)c3ccco3)=C(O)C(=O)N2CCc2ccccc2)cc1. The number of benzene rings is 2. The topological polar surface area (TPSA) is 80.0 Å². The Bertz CT molecular complexity index is 1070. The molecule has 1 amide bonds. The molecule has 0 saturated heterocycles. The second-order valence-electron chi connectivity index (χ2n) is 6.98. The molecule has 4 rings (SSSR count). The monoisotopic (exact) mass is 403 g/mol. The lowest BCUT2D eigenvalue weighted by atomic mass is 9.95. The van der Waals surface area contributed by atoms with Crippen molar-refractivity contribution in [1.29, 1.82) is 0 Å². The van der Waals surface area contributed by atoms with Crippen LogP contribution in [0.2, 0.25) is 0 Å². The van der Waals surface area contributed by atoms with Crippen molar-refractivity contribution in [2.24, 2.45) is 0 Å². The Hall–Kier alpha value is -3.80. The molecule has 0 spiro atoms. The van der Waals surface area contributed by atoms with Crippen LogP contribution in [0, 0.1) is 0 Å². The van der Waals surface area contributed by atoms with E-state index in [2.05, 4.69) is 0 Å². The third-order valence-electron chi connectivity index (χ3n) is 5.21. The van der Waals surface area contributed by atoms with Crippen molar-refractivity contribution in [2.45, 2.75) is 12.5 Å². The first kappa shape index (κ1) is 19.5. The number of Topliss-reactive ketones (excluding diaryl/α,β-unsaturated/α-hetero) is 1. The third-order valence-corrected chi connectivity index (χ3v) is 5.21. The lowest BCUT2D eigenvalue weighted by Gasteiger charge is -2.27. The fraction of sp³-hybridized carbons (Fsp3) is 0.167. The van der Waals surface area contributed by atoms with Gasteiger partial charge in [-0.05, 0) is 41.8 Å². The average molecular weight is 403 g/mol. The summed E-state index contributed by atoms with van der Waals surface area (Å²) >= 11 is 0. The van der Waals surface area contributed by atoms with E-state index >= 15 is 0 Å². The molecule has 6 nitrogen and oxygen atoms in total. The minimum atomic E-state index is -0.718. The molecule has 2 heterocycles. The summed E-state index contributed by atoms with van der Waals surface area (Å²) in [6.45, 7) is 0.346. The van der Waals surface area contributed by atoms with Gasteiger partial charge in [-0.15, -0.1) is 0 Å². The molecule has 30 heavy (non-hydrogen) atoms. The Morgan fingerprint density at radius 3 is 2.43 bits per heavy atom. The van der Waals surface area contributed by atoms with Crippen LogP contribution in [0.3, 0.4) is 0 Å². The number of hydrogen-bond acceptors (Lipinski definition) is 5. The summed E-state index contributed by atoms with van der Waals surface area (Å²) in [5, 5.41) is 10.6. The van der Waals surface area contributed by atoms with E-state index in [-0.39, 0.29) is 11.3 Å². The molecule has 0 aliphatic carbocycles. The number of aliphatic hydroxyl groups excluding tert-OH is 1. The highest BCUT2D eigenvalue weighted by molar-refractivity contribution is 6.15. The highest BCUT2D eigenvalue weighted by atomic mass is 16.5. The molecule has 6 heteroatoms. The zero-order valence-corrected chi connectivity index (χ0v) is 16.4. The van der Waals surface area contributed by atoms with E-state index in [0.717, 1.165) is 5.56 Å². The first-order valence-corrected chi connectivity index (χ1v) is 9.60. The van der Waals surface area contributed by atoms with E-state index in [9.17, 15) is 14.7 Å². The fourth-order valence-corrected chi connectivity index (χ4v) is 3.68. The first-order chi connectivity index (χ1) is 14.6. The molecular weight excluding hydrogens is 382 g/mol. The number of aliphatic hydroxyl groups is 1. The minimum absolute atomic E-state index is 0.0215. The van der Waals surface area contributed by atoms with Crippen molar-refractivity contribution in [3.8, 4) is 5.75 Å². The molecule has 0 fully saturated rings. The van der Waals surface area contributed by atoms with Gasteiger partial charge in [0.2, 0.25) is 5.78 Å². The molecule has 0 radical (unpaired) electrons. The Kier molecular flexibility index (Phi) is 5.39. The Morgan fingerprint density at radius 2 is 1.80 bits per heavy atom. The maximum absolute atomic E-state index is 13.1. The number of methoxy groups -OCH3 is 1. The van der Waals surface area contributed by atoms with Crippen LogP contribution >= 0.6 is 0 Å². The molecule has 1 N–H and O–H groups in total. The molecule has 1 unspecified atom stereocenters.